The third-order valence-electron chi connectivity index (χ3n) is 5.57. The van der Waals surface area contributed by atoms with Crippen molar-refractivity contribution in [1.29, 1.82) is 0 Å². The van der Waals surface area contributed by atoms with Gasteiger partial charge in [0.25, 0.3) is 0 Å². The van der Waals surface area contributed by atoms with Crippen LogP contribution in [0.1, 0.15) is 51.6 Å². The zero-order valence-electron chi connectivity index (χ0n) is 19.5. The van der Waals surface area contributed by atoms with Crippen LogP contribution < -0.4 is 15.4 Å². The van der Waals surface area contributed by atoms with E-state index in [-0.39, 0.29) is 35.9 Å². The topological polar surface area (TPSA) is 69.2 Å². The number of amides is 1. The highest BCUT2D eigenvalue weighted by atomic mass is 127. The Balaban J connectivity index is 0.00000480. The van der Waals surface area contributed by atoms with Crippen LogP contribution in [-0.2, 0) is 4.79 Å². The molecule has 1 aromatic rings. The van der Waals surface area contributed by atoms with E-state index in [9.17, 15) is 4.79 Å². The number of aliphatic imine (C=N–C) groups is 1. The Kier molecular flexibility index (Phi) is 13.6. The summed E-state index contributed by atoms with van der Waals surface area (Å²) in [6.45, 7) is 12.3. The molecule has 0 aromatic heterocycles. The van der Waals surface area contributed by atoms with E-state index in [4.69, 9.17) is 9.73 Å². The van der Waals surface area contributed by atoms with Crippen molar-refractivity contribution in [2.45, 2.75) is 46.1 Å². The number of ether oxygens (including phenoxy) is 1. The fourth-order valence-corrected chi connectivity index (χ4v) is 3.88. The summed E-state index contributed by atoms with van der Waals surface area (Å²) in [5, 5.41) is 6.76. The number of rotatable bonds is 12. The van der Waals surface area contributed by atoms with E-state index >= 15 is 0 Å². The second kappa shape index (κ2) is 15.3. The van der Waals surface area contributed by atoms with Crippen LogP contribution in [0.5, 0.6) is 5.75 Å². The Morgan fingerprint density at radius 3 is 2.65 bits per heavy atom. The fraction of sp³-hybridized carbons (Fsp3) is 0.652. The predicted molar refractivity (Wildman–Crippen MR) is 138 cm³/mol. The molecule has 1 fully saturated rings. The van der Waals surface area contributed by atoms with Gasteiger partial charge in [-0.2, -0.15) is 0 Å². The van der Waals surface area contributed by atoms with Crippen molar-refractivity contribution in [3.63, 3.8) is 0 Å². The molecule has 1 aliphatic heterocycles. The molecular formula is C23H40IN5O2. The molecule has 176 valence electrons. The number of carbonyl (C=O) groups is 1. The molecule has 2 N–H and O–H groups in total. The highest BCUT2D eigenvalue weighted by molar-refractivity contribution is 14.0. The summed E-state index contributed by atoms with van der Waals surface area (Å²) in [6, 6.07) is 8.45. The molecule has 7 nitrogen and oxygen atoms in total. The van der Waals surface area contributed by atoms with Gasteiger partial charge in [0.15, 0.2) is 5.96 Å². The number of guanidine groups is 1. The Morgan fingerprint density at radius 2 is 2.03 bits per heavy atom. The maximum absolute atomic E-state index is 11.7. The summed E-state index contributed by atoms with van der Waals surface area (Å²) in [5.74, 6) is 1.98. The van der Waals surface area contributed by atoms with Gasteiger partial charge in [-0.25, -0.2) is 0 Å². The molecule has 0 spiro atoms. The number of halogens is 1. The van der Waals surface area contributed by atoms with Gasteiger partial charge in [-0.15, -0.1) is 24.0 Å². The van der Waals surface area contributed by atoms with Crippen LogP contribution in [0.3, 0.4) is 0 Å². The van der Waals surface area contributed by atoms with Gasteiger partial charge in [0.1, 0.15) is 5.75 Å². The largest absolute Gasteiger partial charge is 0.497 e. The lowest BCUT2D eigenvalue weighted by Crippen LogP contribution is -2.40. The summed E-state index contributed by atoms with van der Waals surface area (Å²) in [6.07, 6.45) is 2.62. The number of nitrogens with zero attached hydrogens (tertiary/aromatic N) is 3. The third-order valence-corrected chi connectivity index (χ3v) is 5.57. The average molecular weight is 546 g/mol. The Morgan fingerprint density at radius 1 is 1.26 bits per heavy atom. The van der Waals surface area contributed by atoms with E-state index in [1.54, 1.807) is 7.11 Å². The van der Waals surface area contributed by atoms with Gasteiger partial charge in [0.2, 0.25) is 5.91 Å². The number of benzene rings is 1. The maximum atomic E-state index is 11.7. The van der Waals surface area contributed by atoms with Gasteiger partial charge >= 0.3 is 0 Å². The number of hydrogen-bond acceptors (Lipinski definition) is 4. The van der Waals surface area contributed by atoms with E-state index in [0.29, 0.717) is 13.0 Å². The van der Waals surface area contributed by atoms with E-state index < -0.39 is 0 Å². The molecule has 0 bridgehead atoms. The van der Waals surface area contributed by atoms with Crippen molar-refractivity contribution in [3.05, 3.63) is 29.8 Å². The molecule has 1 aromatic carbocycles. The van der Waals surface area contributed by atoms with Gasteiger partial charge in [-0.3, -0.25) is 14.7 Å². The van der Waals surface area contributed by atoms with Crippen LogP contribution in [0.25, 0.3) is 0 Å². The lowest BCUT2D eigenvalue weighted by molar-refractivity contribution is -0.127. The number of hydrogen-bond donors (Lipinski definition) is 2. The molecule has 0 saturated carbocycles. The summed E-state index contributed by atoms with van der Waals surface area (Å²) in [7, 11) is 1.70. The van der Waals surface area contributed by atoms with Crippen molar-refractivity contribution in [1.82, 2.24) is 20.4 Å². The smallest absolute Gasteiger partial charge is 0.222 e. The average Bonchev–Trinajstić information content (AvgIpc) is 3.18. The number of likely N-dealkylation sites (tertiary alicyclic amines) is 1. The molecular weight excluding hydrogens is 505 g/mol. The van der Waals surface area contributed by atoms with Crippen LogP contribution in [0.15, 0.2) is 29.3 Å². The summed E-state index contributed by atoms with van der Waals surface area (Å²) in [5.41, 5.74) is 1.21. The molecule has 1 amide bonds. The van der Waals surface area contributed by atoms with Crippen LogP contribution in [0, 0.1) is 0 Å². The van der Waals surface area contributed by atoms with E-state index in [2.05, 4.69) is 48.4 Å². The zero-order valence-corrected chi connectivity index (χ0v) is 21.9. The lowest BCUT2D eigenvalue weighted by atomic mass is 10.0. The standard InChI is InChI=1S/C23H39N5O2.HI/c1-5-24-23(25-14-10-16-28-15-9-13-22(28)29)26-18-21(27(6-2)7-3)19-11-8-12-20(17-19)30-4;/h8,11-12,17,21H,5-7,9-10,13-16,18H2,1-4H3,(H2,24,25,26);1H. The van der Waals surface area contributed by atoms with Crippen molar-refractivity contribution >= 4 is 35.8 Å². The minimum atomic E-state index is 0. The molecule has 1 aliphatic rings. The van der Waals surface area contributed by atoms with Crippen molar-refractivity contribution in [2.75, 3.05) is 52.9 Å². The molecule has 2 rings (SSSR count). The second-order valence-electron chi connectivity index (χ2n) is 7.50. The molecule has 0 radical (unpaired) electrons. The fourth-order valence-electron chi connectivity index (χ4n) is 3.88. The molecule has 1 atom stereocenters. The molecule has 1 heterocycles. The summed E-state index contributed by atoms with van der Waals surface area (Å²) >= 11 is 0. The Hall–Kier alpha value is -1.55. The highest BCUT2D eigenvalue weighted by Crippen LogP contribution is 2.24. The minimum Gasteiger partial charge on any atom is -0.497 e. The Labute approximate surface area is 205 Å². The van der Waals surface area contributed by atoms with Crippen LogP contribution in [-0.4, -0.2) is 74.6 Å². The van der Waals surface area contributed by atoms with Crippen LogP contribution in [0.4, 0.5) is 0 Å². The molecule has 31 heavy (non-hydrogen) atoms. The molecule has 1 saturated heterocycles. The van der Waals surface area contributed by atoms with Crippen molar-refractivity contribution in [2.24, 2.45) is 4.99 Å². The monoisotopic (exact) mass is 545 g/mol. The van der Waals surface area contributed by atoms with Crippen molar-refractivity contribution < 1.29 is 9.53 Å². The van der Waals surface area contributed by atoms with Crippen molar-refractivity contribution in [3.8, 4) is 5.75 Å². The van der Waals surface area contributed by atoms with Gasteiger partial charge in [0.05, 0.1) is 19.7 Å². The SMILES string of the molecule is CCNC(=NCC(c1cccc(OC)c1)N(CC)CC)NCCCN1CCCC1=O.I. The van der Waals surface area contributed by atoms with Gasteiger partial charge in [-0.05, 0) is 50.6 Å². The maximum Gasteiger partial charge on any atom is 0.222 e. The molecule has 0 aliphatic carbocycles. The van der Waals surface area contributed by atoms with E-state index in [1.807, 2.05) is 17.0 Å². The zero-order chi connectivity index (χ0) is 21.8. The first-order valence-electron chi connectivity index (χ1n) is 11.3. The van der Waals surface area contributed by atoms with Gasteiger partial charge in [-0.1, -0.05) is 26.0 Å². The predicted octanol–water partition coefficient (Wildman–Crippen LogP) is 3.26. The van der Waals surface area contributed by atoms with Crippen LogP contribution in [0.2, 0.25) is 0 Å². The van der Waals surface area contributed by atoms with E-state index in [1.165, 1.54) is 5.56 Å². The highest BCUT2D eigenvalue weighted by Gasteiger charge is 2.20. The summed E-state index contributed by atoms with van der Waals surface area (Å²) < 4.78 is 5.42. The number of carbonyl (C=O) groups excluding carboxylic acids is 1. The van der Waals surface area contributed by atoms with Gasteiger partial charge < -0.3 is 20.3 Å². The molecule has 1 unspecified atom stereocenters. The number of nitrogens with one attached hydrogen (secondary N) is 2. The number of methoxy groups -OCH3 is 1. The van der Waals surface area contributed by atoms with Crippen LogP contribution >= 0.6 is 24.0 Å². The summed E-state index contributed by atoms with van der Waals surface area (Å²) in [4.78, 5) is 21.0. The first-order chi connectivity index (χ1) is 14.6. The first kappa shape index (κ1) is 27.5. The quantitative estimate of drug-likeness (QED) is 0.183. The minimum absolute atomic E-state index is 0. The van der Waals surface area contributed by atoms with Gasteiger partial charge in [0, 0.05) is 32.6 Å². The Bertz CT molecular complexity index is 682. The lowest BCUT2D eigenvalue weighted by Gasteiger charge is -2.29. The first-order valence-corrected chi connectivity index (χ1v) is 11.3. The third kappa shape index (κ3) is 8.84. The second-order valence-corrected chi connectivity index (χ2v) is 7.50. The normalized spacial score (nSPS) is 15.1. The molecule has 8 heteroatoms. The van der Waals surface area contributed by atoms with E-state index in [0.717, 1.165) is 63.8 Å². The number of likely N-dealkylation sites (N-methyl/N-ethyl adjacent to an activating group) is 1.